The van der Waals surface area contributed by atoms with Crippen molar-refractivity contribution in [2.24, 2.45) is 5.92 Å². The number of aromatic amines is 1. The third kappa shape index (κ3) is 4.50. The number of para-hydroxylation sites is 1. The lowest BCUT2D eigenvalue weighted by Crippen LogP contribution is -2.50. The van der Waals surface area contributed by atoms with E-state index in [2.05, 4.69) is 39.5 Å². The van der Waals surface area contributed by atoms with Gasteiger partial charge >= 0.3 is 0 Å². The molecule has 4 heterocycles. The Morgan fingerprint density at radius 3 is 2.83 bits per heavy atom. The number of anilines is 1. The first-order valence-electron chi connectivity index (χ1n) is 12.9. The number of phenols is 1. The number of nitrogens with one attached hydrogen (secondary N) is 2. The minimum Gasteiger partial charge on any atom is -0.508 e. The minimum absolute atomic E-state index is 0.0140. The number of ether oxygens (including phenoxy) is 1. The number of amides is 1. The first kappa shape index (κ1) is 22.4. The molecule has 6 rings (SSSR count). The van der Waals surface area contributed by atoms with Crippen LogP contribution in [0.2, 0.25) is 0 Å². The summed E-state index contributed by atoms with van der Waals surface area (Å²) in [6.07, 6.45) is 3.38. The molecule has 0 spiro atoms. The fourth-order valence-electron chi connectivity index (χ4n) is 6.19. The number of hydrogen-bond acceptors (Lipinski definition) is 5. The number of nitrogens with zero attached hydrogens (tertiary/aromatic N) is 2. The van der Waals surface area contributed by atoms with E-state index in [4.69, 9.17) is 4.74 Å². The van der Waals surface area contributed by atoms with Gasteiger partial charge < -0.3 is 29.9 Å². The molecular weight excluding hydrogens is 440 g/mol. The van der Waals surface area contributed by atoms with E-state index >= 15 is 0 Å². The quantitative estimate of drug-likeness (QED) is 0.520. The monoisotopic (exact) mass is 474 g/mol. The third-order valence-electron chi connectivity index (χ3n) is 8.18. The highest BCUT2D eigenvalue weighted by Gasteiger charge is 2.33. The molecule has 0 bridgehead atoms. The van der Waals surface area contributed by atoms with Crippen LogP contribution in [0.5, 0.6) is 5.75 Å². The van der Waals surface area contributed by atoms with Crippen molar-refractivity contribution in [3.8, 4) is 5.75 Å². The van der Waals surface area contributed by atoms with Crippen molar-refractivity contribution in [2.45, 2.75) is 31.2 Å². The molecule has 0 saturated carbocycles. The number of fused-ring (bicyclic) bond motifs is 2. The van der Waals surface area contributed by atoms with E-state index < -0.39 is 0 Å². The van der Waals surface area contributed by atoms with Gasteiger partial charge in [0.1, 0.15) is 11.4 Å². The smallest absolute Gasteiger partial charge is 0.270 e. The minimum atomic E-state index is 0.0140. The van der Waals surface area contributed by atoms with E-state index in [1.54, 1.807) is 12.1 Å². The standard InChI is InChI=1S/C28H34N4O3/c33-22-5-6-25-20(15-22)16-27(30-25)28(34)32-13-14-35-18-21(32)9-12-31-10-7-19(8-11-31)24-17-29-26-4-2-1-3-23(24)26/h1-6,15-16,19,21,24,29-30,33H,7-14,17-18H2/t21-,24?/m1/s1. The topological polar surface area (TPSA) is 80.8 Å². The molecule has 2 atom stereocenters. The normalized spacial score (nSPS) is 23.4. The summed E-state index contributed by atoms with van der Waals surface area (Å²) >= 11 is 0. The number of carbonyl (C=O) groups is 1. The Labute approximate surface area is 206 Å². The van der Waals surface area contributed by atoms with Gasteiger partial charge in [-0.3, -0.25) is 4.79 Å². The summed E-state index contributed by atoms with van der Waals surface area (Å²) < 4.78 is 5.77. The van der Waals surface area contributed by atoms with Crippen molar-refractivity contribution in [3.63, 3.8) is 0 Å². The van der Waals surface area contributed by atoms with Crippen LogP contribution in [0, 0.1) is 5.92 Å². The van der Waals surface area contributed by atoms with E-state index in [1.165, 1.54) is 24.1 Å². The predicted octanol–water partition coefficient (Wildman–Crippen LogP) is 4.03. The number of rotatable bonds is 5. The van der Waals surface area contributed by atoms with Crippen LogP contribution >= 0.6 is 0 Å². The van der Waals surface area contributed by atoms with Gasteiger partial charge in [0.25, 0.3) is 5.91 Å². The van der Waals surface area contributed by atoms with Crippen molar-refractivity contribution < 1.29 is 14.6 Å². The molecule has 0 radical (unpaired) electrons. The van der Waals surface area contributed by atoms with Crippen LogP contribution in [0.4, 0.5) is 5.69 Å². The number of phenolic OH excluding ortho intramolecular Hbond substituents is 1. The maximum Gasteiger partial charge on any atom is 0.270 e. The first-order valence-corrected chi connectivity index (χ1v) is 12.9. The summed E-state index contributed by atoms with van der Waals surface area (Å²) in [6, 6.07) is 15.8. The van der Waals surface area contributed by atoms with Crippen LogP contribution in [-0.2, 0) is 4.74 Å². The molecule has 35 heavy (non-hydrogen) atoms. The van der Waals surface area contributed by atoms with E-state index in [9.17, 15) is 9.90 Å². The van der Waals surface area contributed by atoms with Crippen LogP contribution in [0.15, 0.2) is 48.5 Å². The predicted molar refractivity (Wildman–Crippen MR) is 137 cm³/mol. The summed E-state index contributed by atoms with van der Waals surface area (Å²) in [5, 5.41) is 14.2. The summed E-state index contributed by atoms with van der Waals surface area (Å²) in [5.74, 6) is 1.59. The molecule has 1 amide bonds. The van der Waals surface area contributed by atoms with Crippen molar-refractivity contribution in [2.75, 3.05) is 51.3 Å². The number of aromatic nitrogens is 1. The Hall–Kier alpha value is -3.03. The second-order valence-corrected chi connectivity index (χ2v) is 10.2. The molecule has 2 saturated heterocycles. The molecule has 2 aromatic carbocycles. The molecule has 3 N–H and O–H groups in total. The van der Waals surface area contributed by atoms with E-state index in [0.29, 0.717) is 31.4 Å². The number of hydrogen-bond donors (Lipinski definition) is 3. The van der Waals surface area contributed by atoms with Crippen LogP contribution in [-0.4, -0.2) is 77.8 Å². The molecule has 3 aliphatic heterocycles. The Kier molecular flexibility index (Phi) is 6.12. The van der Waals surface area contributed by atoms with Crippen LogP contribution < -0.4 is 5.32 Å². The summed E-state index contributed by atoms with van der Waals surface area (Å²) in [7, 11) is 0. The highest BCUT2D eigenvalue weighted by molar-refractivity contribution is 5.98. The second-order valence-electron chi connectivity index (χ2n) is 10.2. The number of aromatic hydroxyl groups is 1. The van der Waals surface area contributed by atoms with E-state index in [-0.39, 0.29) is 17.7 Å². The lowest BCUT2D eigenvalue weighted by atomic mass is 9.81. The average Bonchev–Trinajstić information content (AvgIpc) is 3.52. The highest BCUT2D eigenvalue weighted by Crippen LogP contribution is 2.40. The second kappa shape index (κ2) is 9.55. The fourth-order valence-corrected chi connectivity index (χ4v) is 6.19. The number of carbonyl (C=O) groups excluding carboxylic acids is 1. The molecule has 7 nitrogen and oxygen atoms in total. The molecule has 1 unspecified atom stereocenters. The maximum atomic E-state index is 13.4. The number of benzene rings is 2. The molecule has 3 aromatic rings. The van der Waals surface area contributed by atoms with Gasteiger partial charge in [0.2, 0.25) is 0 Å². The van der Waals surface area contributed by atoms with Gasteiger partial charge in [0.05, 0.1) is 19.3 Å². The van der Waals surface area contributed by atoms with Gasteiger partial charge in [-0.05, 0) is 74.2 Å². The molecule has 1 aromatic heterocycles. The van der Waals surface area contributed by atoms with Crippen LogP contribution in [0.3, 0.4) is 0 Å². The van der Waals surface area contributed by atoms with Gasteiger partial charge in [0, 0.05) is 42.1 Å². The molecule has 2 fully saturated rings. The first-order chi connectivity index (χ1) is 17.2. The van der Waals surface area contributed by atoms with Crippen molar-refractivity contribution in [1.29, 1.82) is 0 Å². The number of likely N-dealkylation sites (tertiary alicyclic amines) is 1. The lowest BCUT2D eigenvalue weighted by molar-refractivity contribution is -0.00784. The van der Waals surface area contributed by atoms with Gasteiger partial charge in [-0.15, -0.1) is 0 Å². The highest BCUT2D eigenvalue weighted by atomic mass is 16.5. The Balaban J connectivity index is 1.05. The lowest BCUT2D eigenvalue weighted by Gasteiger charge is -2.38. The van der Waals surface area contributed by atoms with Crippen LogP contribution in [0.25, 0.3) is 10.9 Å². The van der Waals surface area contributed by atoms with Gasteiger partial charge in [-0.25, -0.2) is 0 Å². The Morgan fingerprint density at radius 1 is 1.09 bits per heavy atom. The number of H-pyrrole nitrogens is 1. The number of piperidine rings is 1. The van der Waals surface area contributed by atoms with E-state index in [0.717, 1.165) is 49.4 Å². The van der Waals surface area contributed by atoms with Crippen molar-refractivity contribution in [3.05, 3.63) is 59.8 Å². The van der Waals surface area contributed by atoms with Crippen LogP contribution in [0.1, 0.15) is 41.2 Å². The summed E-state index contributed by atoms with van der Waals surface area (Å²) in [6.45, 7) is 6.07. The van der Waals surface area contributed by atoms with Crippen molar-refractivity contribution in [1.82, 2.24) is 14.8 Å². The third-order valence-corrected chi connectivity index (χ3v) is 8.18. The van der Waals surface area contributed by atoms with Gasteiger partial charge in [0.15, 0.2) is 0 Å². The summed E-state index contributed by atoms with van der Waals surface area (Å²) in [4.78, 5) is 21.1. The zero-order valence-electron chi connectivity index (χ0n) is 20.1. The average molecular weight is 475 g/mol. The van der Waals surface area contributed by atoms with Gasteiger partial charge in [-0.2, -0.15) is 0 Å². The zero-order chi connectivity index (χ0) is 23.8. The Bertz CT molecular complexity index is 1200. The fraction of sp³-hybridized carbons (Fsp3) is 0.464. The molecule has 0 aliphatic carbocycles. The molecule has 184 valence electrons. The van der Waals surface area contributed by atoms with E-state index in [1.807, 2.05) is 17.0 Å². The SMILES string of the molecule is O=C(c1cc2cc(O)ccc2[nH]1)N1CCOC[C@H]1CCN1CCC(C2CNc3ccccc32)CC1. The summed E-state index contributed by atoms with van der Waals surface area (Å²) in [5.41, 5.74) is 4.24. The molecule has 3 aliphatic rings. The largest absolute Gasteiger partial charge is 0.508 e. The van der Waals surface area contributed by atoms with Gasteiger partial charge in [-0.1, -0.05) is 18.2 Å². The van der Waals surface area contributed by atoms with Crippen molar-refractivity contribution >= 4 is 22.5 Å². The zero-order valence-corrected chi connectivity index (χ0v) is 20.1. The molecule has 7 heteroatoms. The maximum absolute atomic E-state index is 13.4. The number of morpholine rings is 1. The molecular formula is C28H34N4O3. The Morgan fingerprint density at radius 2 is 1.94 bits per heavy atom.